The van der Waals surface area contributed by atoms with Gasteiger partial charge in [-0.2, -0.15) is 0 Å². The van der Waals surface area contributed by atoms with Gasteiger partial charge < -0.3 is 20.4 Å². The predicted molar refractivity (Wildman–Crippen MR) is 132 cm³/mol. The predicted octanol–water partition coefficient (Wildman–Crippen LogP) is 3.08. The lowest BCUT2D eigenvalue weighted by atomic mass is 10.0. The molecule has 0 radical (unpaired) electrons. The van der Waals surface area contributed by atoms with E-state index in [9.17, 15) is 4.79 Å². The largest absolute Gasteiger partial charge is 0.356 e. The molecule has 164 valence electrons. The van der Waals surface area contributed by atoms with Crippen molar-refractivity contribution >= 4 is 35.8 Å². The van der Waals surface area contributed by atoms with Crippen molar-refractivity contribution in [3.63, 3.8) is 0 Å². The maximum absolute atomic E-state index is 12.3. The lowest BCUT2D eigenvalue weighted by Gasteiger charge is -2.33. The van der Waals surface area contributed by atoms with E-state index in [-0.39, 0.29) is 29.9 Å². The van der Waals surface area contributed by atoms with Gasteiger partial charge in [0.25, 0.3) is 0 Å². The minimum Gasteiger partial charge on any atom is -0.356 e. The van der Waals surface area contributed by atoms with E-state index in [0.29, 0.717) is 25.6 Å². The Kier molecular flexibility index (Phi) is 12.9. The van der Waals surface area contributed by atoms with Crippen molar-refractivity contribution in [1.82, 2.24) is 20.4 Å². The van der Waals surface area contributed by atoms with Crippen LogP contribution in [0.4, 0.5) is 0 Å². The van der Waals surface area contributed by atoms with Crippen molar-refractivity contribution in [3.05, 3.63) is 35.9 Å². The maximum atomic E-state index is 12.3. The van der Waals surface area contributed by atoms with Gasteiger partial charge in [0, 0.05) is 52.7 Å². The van der Waals surface area contributed by atoms with Crippen LogP contribution in [0, 0.1) is 0 Å². The van der Waals surface area contributed by atoms with Gasteiger partial charge >= 0.3 is 0 Å². The number of nitrogens with one attached hydrogen (secondary N) is 2. The highest BCUT2D eigenvalue weighted by Crippen LogP contribution is 2.16. The van der Waals surface area contributed by atoms with Gasteiger partial charge in [-0.3, -0.25) is 9.79 Å². The van der Waals surface area contributed by atoms with Gasteiger partial charge in [0.2, 0.25) is 5.91 Å². The molecule has 2 N–H and O–H groups in total. The SMILES string of the molecule is CN=C(NCCCN1CCCCC1C)NCCC(=O)N(C)Cc1ccccc1.I. The molecule has 1 unspecified atom stereocenters. The number of carbonyl (C=O) groups is 1. The van der Waals surface area contributed by atoms with Crippen LogP contribution >= 0.6 is 24.0 Å². The Bertz CT molecular complexity index is 610. The number of nitrogens with zero attached hydrogens (tertiary/aromatic N) is 3. The summed E-state index contributed by atoms with van der Waals surface area (Å²) in [6, 6.07) is 10.8. The van der Waals surface area contributed by atoms with Crippen LogP contribution < -0.4 is 10.6 Å². The van der Waals surface area contributed by atoms with E-state index in [2.05, 4.69) is 27.4 Å². The van der Waals surface area contributed by atoms with E-state index in [4.69, 9.17) is 0 Å². The van der Waals surface area contributed by atoms with Crippen LogP contribution in [0.3, 0.4) is 0 Å². The number of benzene rings is 1. The van der Waals surface area contributed by atoms with Crippen LogP contribution in [-0.2, 0) is 11.3 Å². The molecule has 6 nitrogen and oxygen atoms in total. The van der Waals surface area contributed by atoms with Crippen molar-refractivity contribution in [1.29, 1.82) is 0 Å². The first-order chi connectivity index (χ1) is 13.6. The Labute approximate surface area is 193 Å². The molecule has 0 aromatic heterocycles. The summed E-state index contributed by atoms with van der Waals surface area (Å²) < 4.78 is 0. The van der Waals surface area contributed by atoms with Crippen LogP contribution in [0.1, 0.15) is 44.6 Å². The second kappa shape index (κ2) is 14.6. The van der Waals surface area contributed by atoms with Crippen molar-refractivity contribution in [3.8, 4) is 0 Å². The van der Waals surface area contributed by atoms with Crippen LogP contribution in [0.5, 0.6) is 0 Å². The monoisotopic (exact) mass is 515 g/mol. The van der Waals surface area contributed by atoms with Gasteiger partial charge in [-0.15, -0.1) is 24.0 Å². The van der Waals surface area contributed by atoms with Gasteiger partial charge in [0.1, 0.15) is 0 Å². The van der Waals surface area contributed by atoms with Crippen molar-refractivity contribution in [2.75, 3.05) is 40.3 Å². The van der Waals surface area contributed by atoms with Crippen LogP contribution in [0.2, 0.25) is 0 Å². The molecule has 1 atom stereocenters. The smallest absolute Gasteiger partial charge is 0.224 e. The van der Waals surface area contributed by atoms with E-state index < -0.39 is 0 Å². The Hall–Kier alpha value is -1.35. The fourth-order valence-electron chi connectivity index (χ4n) is 3.62. The Morgan fingerprint density at radius 1 is 1.21 bits per heavy atom. The molecule has 1 aromatic rings. The molecular weight excluding hydrogens is 477 g/mol. The van der Waals surface area contributed by atoms with E-state index in [1.165, 1.54) is 25.8 Å². The Morgan fingerprint density at radius 3 is 2.62 bits per heavy atom. The number of halogens is 1. The van der Waals surface area contributed by atoms with Gasteiger partial charge in [0.15, 0.2) is 5.96 Å². The summed E-state index contributed by atoms with van der Waals surface area (Å²) in [5, 5.41) is 6.60. The van der Waals surface area contributed by atoms with E-state index in [1.807, 2.05) is 37.4 Å². The number of rotatable bonds is 9. The molecule has 1 saturated heterocycles. The standard InChI is InChI=1S/C22H37N5O.HI/c1-19-10-7-8-16-27(19)17-9-14-24-22(23-2)25-15-13-21(28)26(3)18-20-11-5-4-6-12-20;/h4-6,11-12,19H,7-10,13-18H2,1-3H3,(H2,23,24,25);1H. The molecular formula is C22H38IN5O. The molecule has 0 aliphatic carbocycles. The zero-order valence-corrected chi connectivity index (χ0v) is 20.5. The Morgan fingerprint density at radius 2 is 1.93 bits per heavy atom. The summed E-state index contributed by atoms with van der Waals surface area (Å²) in [4.78, 5) is 20.9. The van der Waals surface area contributed by atoms with Gasteiger partial charge in [0.05, 0.1) is 0 Å². The summed E-state index contributed by atoms with van der Waals surface area (Å²) >= 11 is 0. The maximum Gasteiger partial charge on any atom is 0.224 e. The number of piperidine rings is 1. The molecule has 7 heteroatoms. The zero-order chi connectivity index (χ0) is 20.2. The van der Waals surface area contributed by atoms with E-state index in [0.717, 1.165) is 31.0 Å². The first-order valence-corrected chi connectivity index (χ1v) is 10.6. The molecule has 1 aliphatic rings. The molecule has 0 spiro atoms. The second-order valence-corrected chi connectivity index (χ2v) is 7.65. The molecule has 0 saturated carbocycles. The molecule has 1 aliphatic heterocycles. The fraction of sp³-hybridized carbons (Fsp3) is 0.636. The summed E-state index contributed by atoms with van der Waals surface area (Å²) in [6.07, 6.45) is 5.57. The van der Waals surface area contributed by atoms with Gasteiger partial charge in [-0.05, 0) is 38.3 Å². The number of likely N-dealkylation sites (tertiary alicyclic amines) is 1. The zero-order valence-electron chi connectivity index (χ0n) is 18.2. The number of hydrogen-bond donors (Lipinski definition) is 2. The molecule has 0 bridgehead atoms. The minimum absolute atomic E-state index is 0. The summed E-state index contributed by atoms with van der Waals surface area (Å²) in [7, 11) is 3.62. The third kappa shape index (κ3) is 9.80. The average molecular weight is 515 g/mol. The topological polar surface area (TPSA) is 60.0 Å². The molecule has 1 heterocycles. The van der Waals surface area contributed by atoms with Crippen molar-refractivity contribution < 1.29 is 4.79 Å². The normalized spacial score (nSPS) is 17.3. The van der Waals surface area contributed by atoms with E-state index in [1.54, 1.807) is 11.9 Å². The van der Waals surface area contributed by atoms with Crippen LogP contribution in [0.15, 0.2) is 35.3 Å². The third-order valence-corrected chi connectivity index (χ3v) is 5.40. The Balaban J connectivity index is 0.00000420. The number of hydrogen-bond acceptors (Lipinski definition) is 3. The molecule has 1 fully saturated rings. The number of carbonyl (C=O) groups excluding carboxylic acids is 1. The van der Waals surface area contributed by atoms with Crippen molar-refractivity contribution in [2.24, 2.45) is 4.99 Å². The highest BCUT2D eigenvalue weighted by Gasteiger charge is 2.17. The number of guanidine groups is 1. The number of amides is 1. The highest BCUT2D eigenvalue weighted by molar-refractivity contribution is 14.0. The summed E-state index contributed by atoms with van der Waals surface area (Å²) in [6.45, 7) is 6.81. The third-order valence-electron chi connectivity index (χ3n) is 5.40. The van der Waals surface area contributed by atoms with Gasteiger partial charge in [-0.1, -0.05) is 36.8 Å². The molecule has 1 amide bonds. The lowest BCUT2D eigenvalue weighted by molar-refractivity contribution is -0.130. The van der Waals surface area contributed by atoms with Gasteiger partial charge in [-0.25, -0.2) is 0 Å². The minimum atomic E-state index is 0. The molecule has 29 heavy (non-hydrogen) atoms. The van der Waals surface area contributed by atoms with Crippen LogP contribution in [0.25, 0.3) is 0 Å². The average Bonchev–Trinajstić information content (AvgIpc) is 2.71. The first-order valence-electron chi connectivity index (χ1n) is 10.6. The molecule has 2 rings (SSSR count). The first kappa shape index (κ1) is 25.7. The second-order valence-electron chi connectivity index (χ2n) is 7.65. The van der Waals surface area contributed by atoms with Crippen molar-refractivity contribution in [2.45, 2.75) is 51.6 Å². The molecule has 1 aromatic carbocycles. The van der Waals surface area contributed by atoms with E-state index >= 15 is 0 Å². The quantitative estimate of drug-likeness (QED) is 0.230. The summed E-state index contributed by atoms with van der Waals surface area (Å²) in [5.74, 6) is 0.899. The van der Waals surface area contributed by atoms with Crippen LogP contribution in [-0.4, -0.2) is 68.0 Å². The summed E-state index contributed by atoms with van der Waals surface area (Å²) in [5.41, 5.74) is 1.15. The lowest BCUT2D eigenvalue weighted by Crippen LogP contribution is -2.42. The fourth-order valence-corrected chi connectivity index (χ4v) is 3.62. The highest BCUT2D eigenvalue weighted by atomic mass is 127. The number of aliphatic imine (C=N–C) groups is 1.